The van der Waals surface area contributed by atoms with Crippen molar-refractivity contribution in [3.05, 3.63) is 23.8 Å². The van der Waals surface area contributed by atoms with E-state index in [1.807, 2.05) is 0 Å². The van der Waals surface area contributed by atoms with Crippen molar-refractivity contribution in [3.8, 4) is 5.75 Å². The molecular weight excluding hydrogens is 250 g/mol. The number of ketones is 1. The number of hydrogen-bond acceptors (Lipinski definition) is 4. The Labute approximate surface area is 109 Å². The molecule has 1 aliphatic rings. The van der Waals surface area contributed by atoms with Crippen molar-refractivity contribution in [2.45, 2.75) is 20.0 Å². The lowest BCUT2D eigenvalue weighted by molar-refractivity contribution is -0.139. The third-order valence-electron chi connectivity index (χ3n) is 2.96. The van der Waals surface area contributed by atoms with Gasteiger partial charge in [0.25, 0.3) is 5.91 Å². The first-order chi connectivity index (χ1) is 8.90. The largest absolute Gasteiger partial charge is 0.481 e. The van der Waals surface area contributed by atoms with Gasteiger partial charge in [0.2, 0.25) is 0 Å². The van der Waals surface area contributed by atoms with Crippen LogP contribution in [0.5, 0.6) is 5.75 Å². The molecule has 6 nitrogen and oxygen atoms in total. The van der Waals surface area contributed by atoms with Crippen LogP contribution in [0.4, 0.5) is 5.69 Å². The number of carbonyl (C=O) groups excluding carboxylic acids is 2. The van der Waals surface area contributed by atoms with E-state index in [1.54, 1.807) is 13.0 Å². The lowest BCUT2D eigenvalue weighted by atomic mass is 9.98. The van der Waals surface area contributed by atoms with Crippen molar-refractivity contribution in [2.24, 2.45) is 5.92 Å². The van der Waals surface area contributed by atoms with Gasteiger partial charge in [-0.1, -0.05) is 0 Å². The predicted molar refractivity (Wildman–Crippen MR) is 66.3 cm³/mol. The minimum atomic E-state index is -1.18. The fraction of sp³-hybridized carbons (Fsp3) is 0.308. The van der Waals surface area contributed by atoms with E-state index in [1.165, 1.54) is 19.1 Å². The summed E-state index contributed by atoms with van der Waals surface area (Å²) >= 11 is 0. The number of carboxylic acid groups (broad SMARTS) is 1. The maximum absolute atomic E-state index is 11.9. The summed E-state index contributed by atoms with van der Waals surface area (Å²) in [6.07, 6.45) is -0.591. The fourth-order valence-electron chi connectivity index (χ4n) is 1.72. The third-order valence-corrected chi connectivity index (χ3v) is 2.96. The molecular formula is C13H13NO5. The lowest BCUT2D eigenvalue weighted by Gasteiger charge is -2.23. The molecule has 2 N–H and O–H groups in total. The van der Waals surface area contributed by atoms with Crippen LogP contribution in [0.1, 0.15) is 24.2 Å². The Morgan fingerprint density at radius 2 is 2.11 bits per heavy atom. The Kier molecular flexibility index (Phi) is 3.25. The van der Waals surface area contributed by atoms with Gasteiger partial charge in [-0.15, -0.1) is 0 Å². The van der Waals surface area contributed by atoms with E-state index < -0.39 is 23.8 Å². The Bertz CT molecular complexity index is 566. The molecule has 0 aliphatic carbocycles. The van der Waals surface area contributed by atoms with Gasteiger partial charge in [-0.2, -0.15) is 0 Å². The van der Waals surface area contributed by atoms with E-state index in [4.69, 9.17) is 9.84 Å². The van der Waals surface area contributed by atoms with Gasteiger partial charge in [-0.25, -0.2) is 0 Å². The quantitative estimate of drug-likeness (QED) is 0.633. The summed E-state index contributed by atoms with van der Waals surface area (Å²) < 4.78 is 5.35. The number of fused-ring (bicyclic) bond motifs is 1. The van der Waals surface area contributed by atoms with Crippen molar-refractivity contribution in [3.63, 3.8) is 0 Å². The summed E-state index contributed by atoms with van der Waals surface area (Å²) in [5, 5.41) is 11.4. The van der Waals surface area contributed by atoms with Crippen molar-refractivity contribution in [2.75, 3.05) is 5.32 Å². The van der Waals surface area contributed by atoms with Crippen LogP contribution in [0.2, 0.25) is 0 Å². The maximum Gasteiger partial charge on any atom is 0.314 e. The second-order valence-electron chi connectivity index (χ2n) is 4.38. The van der Waals surface area contributed by atoms with Crippen LogP contribution < -0.4 is 10.1 Å². The minimum Gasteiger partial charge on any atom is -0.481 e. The molecule has 1 aromatic rings. The standard InChI is InChI=1S/C13H13NO5/c1-6(13(17)18)11(15)8-3-4-10-9(5-8)14-12(16)7(2)19-10/h3-7H,1-2H3,(H,14,16)(H,17,18). The predicted octanol–water partition coefficient (Wildman–Crippen LogP) is 1.31. The fourth-order valence-corrected chi connectivity index (χ4v) is 1.72. The number of hydrogen-bond donors (Lipinski definition) is 2. The van der Waals surface area contributed by atoms with Crippen molar-refractivity contribution in [1.29, 1.82) is 0 Å². The summed E-state index contributed by atoms with van der Waals surface area (Å²) in [4.78, 5) is 34.1. The van der Waals surface area contributed by atoms with Gasteiger partial charge in [-0.05, 0) is 32.0 Å². The summed E-state index contributed by atoms with van der Waals surface area (Å²) in [7, 11) is 0. The molecule has 0 fully saturated rings. The normalized spacial score (nSPS) is 18.8. The first-order valence-corrected chi connectivity index (χ1v) is 5.78. The SMILES string of the molecule is CC1Oc2ccc(C(=O)C(C)C(=O)O)cc2NC1=O. The molecule has 100 valence electrons. The highest BCUT2D eigenvalue weighted by Crippen LogP contribution is 2.31. The summed E-state index contributed by atoms with van der Waals surface area (Å²) in [5.41, 5.74) is 0.610. The number of anilines is 1. The van der Waals surface area contributed by atoms with E-state index in [0.29, 0.717) is 11.4 Å². The number of rotatable bonds is 3. The molecule has 0 radical (unpaired) electrons. The number of aliphatic carboxylic acids is 1. The second kappa shape index (κ2) is 4.72. The number of carbonyl (C=O) groups is 3. The van der Waals surface area contributed by atoms with Crippen molar-refractivity contribution in [1.82, 2.24) is 0 Å². The Balaban J connectivity index is 2.32. The molecule has 6 heteroatoms. The lowest BCUT2D eigenvalue weighted by Crippen LogP contribution is -2.34. The summed E-state index contributed by atoms with van der Waals surface area (Å²) in [5.74, 6) is -2.66. The van der Waals surface area contributed by atoms with E-state index in [9.17, 15) is 14.4 Å². The molecule has 1 amide bonds. The highest BCUT2D eigenvalue weighted by atomic mass is 16.5. The number of nitrogens with one attached hydrogen (secondary N) is 1. The highest BCUT2D eigenvalue weighted by Gasteiger charge is 2.26. The smallest absolute Gasteiger partial charge is 0.314 e. The number of carboxylic acids is 1. The molecule has 1 aliphatic heterocycles. The van der Waals surface area contributed by atoms with Crippen LogP contribution in [0, 0.1) is 5.92 Å². The van der Waals surface area contributed by atoms with Crippen molar-refractivity contribution < 1.29 is 24.2 Å². The Morgan fingerprint density at radius 1 is 1.42 bits per heavy atom. The van der Waals surface area contributed by atoms with Gasteiger partial charge in [0.1, 0.15) is 11.7 Å². The highest BCUT2D eigenvalue weighted by molar-refractivity contribution is 6.09. The zero-order chi connectivity index (χ0) is 14.2. The molecule has 2 rings (SSSR count). The zero-order valence-corrected chi connectivity index (χ0v) is 10.5. The van der Waals surface area contributed by atoms with Gasteiger partial charge in [0.15, 0.2) is 11.9 Å². The van der Waals surface area contributed by atoms with Crippen LogP contribution >= 0.6 is 0 Å². The maximum atomic E-state index is 11.9. The zero-order valence-electron chi connectivity index (χ0n) is 10.5. The van der Waals surface area contributed by atoms with E-state index in [0.717, 1.165) is 0 Å². The molecule has 1 heterocycles. The Morgan fingerprint density at radius 3 is 2.74 bits per heavy atom. The van der Waals surface area contributed by atoms with Gasteiger partial charge in [0, 0.05) is 5.56 Å². The van der Waals surface area contributed by atoms with Gasteiger partial charge < -0.3 is 15.2 Å². The molecule has 1 aromatic carbocycles. The number of ether oxygens (including phenoxy) is 1. The van der Waals surface area contributed by atoms with Gasteiger partial charge in [0.05, 0.1) is 5.69 Å². The molecule has 0 saturated heterocycles. The molecule has 0 bridgehead atoms. The van der Waals surface area contributed by atoms with Crippen LogP contribution in [-0.4, -0.2) is 28.9 Å². The number of benzene rings is 1. The molecule has 0 aromatic heterocycles. The monoisotopic (exact) mass is 263 g/mol. The Hall–Kier alpha value is -2.37. The number of amides is 1. The molecule has 2 unspecified atom stereocenters. The summed E-state index contributed by atoms with van der Waals surface area (Å²) in [6, 6.07) is 4.47. The molecule has 19 heavy (non-hydrogen) atoms. The number of Topliss-reactive ketones (excluding diaryl/α,β-unsaturated/α-hetero) is 1. The first-order valence-electron chi connectivity index (χ1n) is 5.78. The van der Waals surface area contributed by atoms with E-state index in [2.05, 4.69) is 5.32 Å². The second-order valence-corrected chi connectivity index (χ2v) is 4.38. The molecule has 0 spiro atoms. The minimum absolute atomic E-state index is 0.229. The van der Waals surface area contributed by atoms with Crippen LogP contribution in [0.15, 0.2) is 18.2 Å². The van der Waals surface area contributed by atoms with Crippen molar-refractivity contribution >= 4 is 23.3 Å². The van der Waals surface area contributed by atoms with Crippen LogP contribution in [-0.2, 0) is 9.59 Å². The van der Waals surface area contributed by atoms with Gasteiger partial charge in [-0.3, -0.25) is 14.4 Å². The van der Waals surface area contributed by atoms with E-state index in [-0.39, 0.29) is 11.5 Å². The summed E-state index contributed by atoms with van der Waals surface area (Å²) in [6.45, 7) is 2.94. The van der Waals surface area contributed by atoms with Crippen LogP contribution in [0.3, 0.4) is 0 Å². The average molecular weight is 263 g/mol. The van der Waals surface area contributed by atoms with Gasteiger partial charge >= 0.3 is 5.97 Å². The molecule has 0 saturated carbocycles. The first kappa shape index (κ1) is 13.1. The van der Waals surface area contributed by atoms with Crippen LogP contribution in [0.25, 0.3) is 0 Å². The van der Waals surface area contributed by atoms with E-state index >= 15 is 0 Å². The molecule has 2 atom stereocenters. The average Bonchev–Trinajstić information content (AvgIpc) is 2.37. The topological polar surface area (TPSA) is 92.7 Å². The third kappa shape index (κ3) is 2.42.